The van der Waals surface area contributed by atoms with Crippen molar-refractivity contribution in [1.29, 1.82) is 0 Å². The highest BCUT2D eigenvalue weighted by Gasteiger charge is 2.50. The van der Waals surface area contributed by atoms with Gasteiger partial charge in [0.25, 0.3) is 0 Å². The molecule has 2 nitrogen and oxygen atoms in total. The summed E-state index contributed by atoms with van der Waals surface area (Å²) in [5.41, 5.74) is 0.480. The summed E-state index contributed by atoms with van der Waals surface area (Å²) in [6, 6.07) is 0. The molecule has 0 radical (unpaired) electrons. The van der Waals surface area contributed by atoms with E-state index in [2.05, 4.69) is 19.2 Å². The quantitative estimate of drug-likeness (QED) is 0.673. The average Bonchev–Trinajstić information content (AvgIpc) is 2.87. The molecule has 2 rings (SSSR count). The van der Waals surface area contributed by atoms with E-state index in [1.165, 1.54) is 38.6 Å². The Bertz CT molecular complexity index is 219. The van der Waals surface area contributed by atoms with E-state index in [0.717, 1.165) is 31.6 Å². The van der Waals surface area contributed by atoms with Crippen LogP contribution in [0, 0.1) is 17.3 Å². The summed E-state index contributed by atoms with van der Waals surface area (Å²) < 4.78 is 5.76. The van der Waals surface area contributed by atoms with Crippen LogP contribution >= 0.6 is 0 Å². The molecule has 0 aromatic rings. The number of fused-ring (bicyclic) bond motifs is 2. The first-order valence-electron chi connectivity index (χ1n) is 7.09. The Kier molecular flexibility index (Phi) is 4.26. The fourth-order valence-electron chi connectivity index (χ4n) is 3.82. The van der Waals surface area contributed by atoms with Crippen LogP contribution in [-0.4, -0.2) is 26.3 Å². The summed E-state index contributed by atoms with van der Waals surface area (Å²) >= 11 is 0. The maximum Gasteiger partial charge on any atom is 0.0537 e. The molecule has 2 bridgehead atoms. The summed E-state index contributed by atoms with van der Waals surface area (Å²) in [4.78, 5) is 0. The van der Waals surface area contributed by atoms with Crippen molar-refractivity contribution in [1.82, 2.24) is 5.32 Å². The van der Waals surface area contributed by atoms with Crippen LogP contribution in [0.2, 0.25) is 0 Å². The Morgan fingerprint density at radius 2 is 2.19 bits per heavy atom. The van der Waals surface area contributed by atoms with Gasteiger partial charge in [0, 0.05) is 18.6 Å². The minimum atomic E-state index is 0.480. The van der Waals surface area contributed by atoms with Crippen molar-refractivity contribution in [3.8, 4) is 0 Å². The van der Waals surface area contributed by atoms with Gasteiger partial charge in [0.1, 0.15) is 0 Å². The summed E-state index contributed by atoms with van der Waals surface area (Å²) in [6.07, 6.45) is 7.05. The van der Waals surface area contributed by atoms with Gasteiger partial charge in [-0.2, -0.15) is 0 Å². The Morgan fingerprint density at radius 1 is 1.31 bits per heavy atom. The van der Waals surface area contributed by atoms with Crippen molar-refractivity contribution in [2.45, 2.75) is 46.0 Å². The predicted octanol–water partition coefficient (Wildman–Crippen LogP) is 2.83. The topological polar surface area (TPSA) is 21.3 Å². The average molecular weight is 225 g/mol. The molecule has 0 aliphatic heterocycles. The zero-order valence-electron chi connectivity index (χ0n) is 10.9. The number of hydrogen-bond donors (Lipinski definition) is 1. The molecule has 0 aromatic heterocycles. The molecular weight excluding hydrogens is 198 g/mol. The van der Waals surface area contributed by atoms with Gasteiger partial charge in [-0.15, -0.1) is 0 Å². The molecule has 3 unspecified atom stereocenters. The van der Waals surface area contributed by atoms with Gasteiger partial charge in [0.05, 0.1) is 6.61 Å². The predicted molar refractivity (Wildman–Crippen MR) is 67.5 cm³/mol. The lowest BCUT2D eigenvalue weighted by atomic mass is 9.73. The van der Waals surface area contributed by atoms with Gasteiger partial charge in [0.2, 0.25) is 0 Å². The fourth-order valence-corrected chi connectivity index (χ4v) is 3.82. The molecular formula is C14H27NO. The lowest BCUT2D eigenvalue weighted by Crippen LogP contribution is -2.42. The monoisotopic (exact) mass is 225 g/mol. The zero-order chi connectivity index (χ0) is 11.4. The molecule has 0 saturated heterocycles. The van der Waals surface area contributed by atoms with E-state index < -0.39 is 0 Å². The van der Waals surface area contributed by atoms with E-state index in [-0.39, 0.29) is 0 Å². The highest BCUT2D eigenvalue weighted by molar-refractivity contribution is 5.01. The molecule has 2 saturated carbocycles. The SMILES string of the molecule is CCCNCC1(COCC)CC2CCC1C2. The van der Waals surface area contributed by atoms with Gasteiger partial charge in [-0.1, -0.05) is 13.3 Å². The van der Waals surface area contributed by atoms with Crippen molar-refractivity contribution in [2.75, 3.05) is 26.3 Å². The van der Waals surface area contributed by atoms with Crippen LogP contribution in [-0.2, 0) is 4.74 Å². The number of rotatable bonds is 7. The van der Waals surface area contributed by atoms with Crippen molar-refractivity contribution >= 4 is 0 Å². The van der Waals surface area contributed by atoms with E-state index in [1.54, 1.807) is 0 Å². The van der Waals surface area contributed by atoms with E-state index in [4.69, 9.17) is 4.74 Å². The van der Waals surface area contributed by atoms with Crippen molar-refractivity contribution in [2.24, 2.45) is 17.3 Å². The first-order chi connectivity index (χ1) is 7.80. The first kappa shape index (κ1) is 12.4. The summed E-state index contributed by atoms with van der Waals surface area (Å²) in [6.45, 7) is 8.55. The van der Waals surface area contributed by atoms with Gasteiger partial charge >= 0.3 is 0 Å². The highest BCUT2D eigenvalue weighted by atomic mass is 16.5. The molecule has 0 amide bonds. The van der Waals surface area contributed by atoms with Crippen molar-refractivity contribution in [3.63, 3.8) is 0 Å². The van der Waals surface area contributed by atoms with Gasteiger partial charge in [-0.3, -0.25) is 0 Å². The minimum Gasteiger partial charge on any atom is -0.381 e. The highest BCUT2D eigenvalue weighted by Crippen LogP contribution is 2.55. The van der Waals surface area contributed by atoms with Crippen molar-refractivity contribution in [3.05, 3.63) is 0 Å². The molecule has 3 atom stereocenters. The Labute approximate surface area is 100 Å². The molecule has 2 fully saturated rings. The fraction of sp³-hybridized carbons (Fsp3) is 1.00. The van der Waals surface area contributed by atoms with Crippen LogP contribution in [0.15, 0.2) is 0 Å². The van der Waals surface area contributed by atoms with Crippen LogP contribution < -0.4 is 5.32 Å². The van der Waals surface area contributed by atoms with E-state index >= 15 is 0 Å². The van der Waals surface area contributed by atoms with Gasteiger partial charge < -0.3 is 10.1 Å². The van der Waals surface area contributed by atoms with Gasteiger partial charge in [-0.05, 0) is 51.0 Å². The summed E-state index contributed by atoms with van der Waals surface area (Å²) in [7, 11) is 0. The van der Waals surface area contributed by atoms with Crippen LogP contribution in [0.3, 0.4) is 0 Å². The van der Waals surface area contributed by atoms with Gasteiger partial charge in [-0.25, -0.2) is 0 Å². The summed E-state index contributed by atoms with van der Waals surface area (Å²) in [5.74, 6) is 1.95. The van der Waals surface area contributed by atoms with Crippen LogP contribution in [0.25, 0.3) is 0 Å². The molecule has 2 aliphatic rings. The van der Waals surface area contributed by atoms with Crippen LogP contribution in [0.4, 0.5) is 0 Å². The van der Waals surface area contributed by atoms with Crippen LogP contribution in [0.5, 0.6) is 0 Å². The molecule has 0 heterocycles. The van der Waals surface area contributed by atoms with E-state index in [9.17, 15) is 0 Å². The van der Waals surface area contributed by atoms with Gasteiger partial charge in [0.15, 0.2) is 0 Å². The molecule has 2 aliphatic carbocycles. The molecule has 16 heavy (non-hydrogen) atoms. The molecule has 94 valence electrons. The lowest BCUT2D eigenvalue weighted by Gasteiger charge is -2.37. The van der Waals surface area contributed by atoms with Crippen molar-refractivity contribution < 1.29 is 4.74 Å². The second-order valence-corrected chi connectivity index (χ2v) is 5.76. The molecule has 0 spiro atoms. The summed E-state index contributed by atoms with van der Waals surface area (Å²) in [5, 5.41) is 3.63. The molecule has 0 aromatic carbocycles. The lowest BCUT2D eigenvalue weighted by molar-refractivity contribution is 0.0141. The third-order valence-corrected chi connectivity index (χ3v) is 4.60. The maximum atomic E-state index is 5.76. The molecule has 1 N–H and O–H groups in total. The number of nitrogens with one attached hydrogen (secondary N) is 1. The molecule has 2 heteroatoms. The smallest absolute Gasteiger partial charge is 0.0537 e. The van der Waals surface area contributed by atoms with E-state index in [1.807, 2.05) is 0 Å². The Balaban J connectivity index is 1.90. The van der Waals surface area contributed by atoms with E-state index in [0.29, 0.717) is 5.41 Å². The van der Waals surface area contributed by atoms with Crippen LogP contribution in [0.1, 0.15) is 46.0 Å². The maximum absolute atomic E-state index is 5.76. The minimum absolute atomic E-state index is 0.480. The number of ether oxygens (including phenoxy) is 1. The normalized spacial score (nSPS) is 37.1. The number of hydrogen-bond acceptors (Lipinski definition) is 2. The Morgan fingerprint density at radius 3 is 2.75 bits per heavy atom. The second kappa shape index (κ2) is 5.50. The largest absolute Gasteiger partial charge is 0.381 e. The first-order valence-corrected chi connectivity index (χ1v) is 7.09. The third-order valence-electron chi connectivity index (χ3n) is 4.60. The second-order valence-electron chi connectivity index (χ2n) is 5.76. The standard InChI is InChI=1S/C14H27NO/c1-3-7-15-10-14(11-16-4-2)9-12-5-6-13(14)8-12/h12-13,15H,3-11H2,1-2H3. The zero-order valence-corrected chi connectivity index (χ0v) is 10.9. The third kappa shape index (κ3) is 2.43. The Hall–Kier alpha value is -0.0800.